The maximum Gasteiger partial charge on any atom is 0.328 e. The average Bonchev–Trinajstić information content (AvgIpc) is 3.34. The van der Waals surface area contributed by atoms with Crippen LogP contribution in [0.3, 0.4) is 0 Å². The Balaban J connectivity index is 0.715. The molecule has 9 rings (SSSR count). The van der Waals surface area contributed by atoms with Gasteiger partial charge in [-0.15, -0.1) is 5.10 Å². The van der Waals surface area contributed by atoms with E-state index in [1.165, 1.54) is 25.7 Å². The van der Waals surface area contributed by atoms with E-state index in [2.05, 4.69) is 67.6 Å². The first kappa shape index (κ1) is 46.0. The SMILES string of the molecule is Cc1ccc(C(=O)N2CCC3(CCC(CN4CCC(C(=O)N5CCN(c6cc7c(N[C@H](C)c8cccc(CC#N)c8C)nnc(C)c7cn6)CC5)CC4)CC3)CC2)cc1N1CCC(=O)NC1=O. The molecule has 4 aromatic rings. The third-order valence-electron chi connectivity index (χ3n) is 15.9. The van der Waals surface area contributed by atoms with Crippen molar-refractivity contribution in [2.75, 3.05) is 80.6 Å². The van der Waals surface area contributed by atoms with E-state index in [1.807, 2.05) is 55.3 Å². The first-order chi connectivity index (χ1) is 32.4. The van der Waals surface area contributed by atoms with Gasteiger partial charge >= 0.3 is 6.03 Å². The first-order valence-corrected chi connectivity index (χ1v) is 24.5. The van der Waals surface area contributed by atoms with E-state index in [-0.39, 0.29) is 30.2 Å². The quantitative estimate of drug-likeness (QED) is 0.166. The highest BCUT2D eigenvalue weighted by Gasteiger charge is 2.40. The lowest BCUT2D eigenvalue weighted by atomic mass is 9.65. The number of aromatic nitrogens is 3. The highest BCUT2D eigenvalue weighted by atomic mass is 16.2. The van der Waals surface area contributed by atoms with Crippen LogP contribution in [0.15, 0.2) is 48.7 Å². The Morgan fingerprint density at radius 3 is 2.33 bits per heavy atom. The minimum Gasteiger partial charge on any atom is -0.362 e. The number of amides is 5. The van der Waals surface area contributed by atoms with Crippen molar-refractivity contribution in [3.8, 4) is 6.07 Å². The van der Waals surface area contributed by atoms with Crippen molar-refractivity contribution < 1.29 is 19.2 Å². The fourth-order valence-corrected chi connectivity index (χ4v) is 11.5. The highest BCUT2D eigenvalue weighted by molar-refractivity contribution is 6.06. The van der Waals surface area contributed by atoms with Crippen molar-refractivity contribution >= 4 is 51.8 Å². The zero-order chi connectivity index (χ0) is 46.8. The summed E-state index contributed by atoms with van der Waals surface area (Å²) in [5.74, 6) is 2.35. The highest BCUT2D eigenvalue weighted by Crippen LogP contribution is 2.47. The van der Waals surface area contributed by atoms with Gasteiger partial charge in [-0.05, 0) is 144 Å². The number of nitriles is 1. The first-order valence-electron chi connectivity index (χ1n) is 24.5. The summed E-state index contributed by atoms with van der Waals surface area (Å²) in [5.41, 5.74) is 6.54. The summed E-state index contributed by atoms with van der Waals surface area (Å²) in [5, 5.41) is 26.2. The number of nitrogens with one attached hydrogen (secondary N) is 2. The number of pyridine rings is 1. The molecule has 15 heteroatoms. The number of urea groups is 1. The Hall–Kier alpha value is -6.14. The summed E-state index contributed by atoms with van der Waals surface area (Å²) in [6.45, 7) is 15.7. The zero-order valence-corrected chi connectivity index (χ0v) is 39.7. The normalized spacial score (nSPS) is 20.2. The fourth-order valence-electron chi connectivity index (χ4n) is 11.5. The molecular weight excluding hydrogens is 843 g/mol. The molecule has 1 spiro atoms. The predicted molar refractivity (Wildman–Crippen MR) is 259 cm³/mol. The smallest absolute Gasteiger partial charge is 0.328 e. The van der Waals surface area contributed by atoms with Gasteiger partial charge in [0.25, 0.3) is 5.91 Å². The number of anilines is 3. The second-order valence-electron chi connectivity index (χ2n) is 19.9. The molecule has 4 aliphatic heterocycles. The van der Waals surface area contributed by atoms with E-state index in [1.54, 1.807) is 4.90 Å². The molecule has 5 aliphatic rings. The average molecular weight is 908 g/mol. The minimum atomic E-state index is -0.438. The number of rotatable bonds is 10. The van der Waals surface area contributed by atoms with E-state index in [4.69, 9.17) is 4.98 Å². The van der Waals surface area contributed by atoms with Crippen LogP contribution in [0.25, 0.3) is 10.8 Å². The van der Waals surface area contributed by atoms with Gasteiger partial charge in [-0.25, -0.2) is 9.78 Å². The van der Waals surface area contributed by atoms with E-state index in [0.717, 1.165) is 116 Å². The topological polar surface area (TPSA) is 171 Å². The number of likely N-dealkylation sites (tertiary alicyclic amines) is 2. The Labute approximate surface area is 394 Å². The lowest BCUT2D eigenvalue weighted by molar-refractivity contribution is -0.137. The molecule has 15 nitrogen and oxygen atoms in total. The van der Waals surface area contributed by atoms with Gasteiger partial charge in [-0.3, -0.25) is 24.6 Å². The van der Waals surface area contributed by atoms with E-state index in [0.29, 0.717) is 60.4 Å². The molecule has 2 N–H and O–H groups in total. The molecular formula is C52H65N11O4. The van der Waals surface area contributed by atoms with Crippen LogP contribution in [0.4, 0.5) is 22.1 Å². The summed E-state index contributed by atoms with van der Waals surface area (Å²) in [6.07, 6.45) is 11.2. The Kier molecular flexibility index (Phi) is 13.5. The van der Waals surface area contributed by atoms with Crippen molar-refractivity contribution in [2.45, 2.75) is 97.9 Å². The summed E-state index contributed by atoms with van der Waals surface area (Å²) in [4.78, 5) is 67.2. The molecule has 0 bridgehead atoms. The monoisotopic (exact) mass is 908 g/mol. The lowest BCUT2D eigenvalue weighted by Gasteiger charge is -2.47. The van der Waals surface area contributed by atoms with Crippen LogP contribution in [0.2, 0.25) is 0 Å². The van der Waals surface area contributed by atoms with Crippen LogP contribution in [-0.2, 0) is 16.0 Å². The molecule has 6 heterocycles. The standard InChI is InChI=1S/C52H65N11O4/c1-34-8-9-41(30-45(34)63-23-15-47(64)56-51(63)67)50(66)61-24-18-52(19-25-61)16-10-38(11-17-52)33-59-21-13-40(14-22-59)49(65)62-28-26-60(27-29-62)46-31-43-44(32-54-46)37(4)57-58-48(43)55-36(3)42-7-5-6-39(12-20-53)35(42)2/h5-9,30-32,36,38,40H,10-19,21-29,33H2,1-4H3,(H,55,58)(H,56,64,67)/t36-/m1/s1. The zero-order valence-electron chi connectivity index (χ0n) is 39.7. The Morgan fingerprint density at radius 1 is 0.866 bits per heavy atom. The minimum absolute atomic E-state index is 0.00736. The van der Waals surface area contributed by atoms with Crippen molar-refractivity contribution in [2.24, 2.45) is 17.3 Å². The van der Waals surface area contributed by atoms with Crippen LogP contribution < -0.4 is 20.4 Å². The number of benzene rings is 2. The number of imide groups is 1. The molecule has 1 atom stereocenters. The van der Waals surface area contributed by atoms with Crippen LogP contribution in [0.5, 0.6) is 0 Å². The summed E-state index contributed by atoms with van der Waals surface area (Å²) >= 11 is 0. The molecule has 0 unspecified atom stereocenters. The van der Waals surface area contributed by atoms with Crippen LogP contribution in [0, 0.1) is 49.4 Å². The number of hydrogen-bond donors (Lipinski definition) is 2. The number of fused-ring (bicyclic) bond motifs is 1. The molecule has 2 aromatic heterocycles. The number of piperazine rings is 1. The Bertz CT molecular complexity index is 2560. The number of nitrogens with zero attached hydrogens (tertiary/aromatic N) is 9. The van der Waals surface area contributed by atoms with Crippen molar-refractivity contribution in [3.05, 3.63) is 82.2 Å². The van der Waals surface area contributed by atoms with Crippen molar-refractivity contribution in [1.82, 2.24) is 35.2 Å². The third kappa shape index (κ3) is 9.82. The molecule has 1 aliphatic carbocycles. The largest absolute Gasteiger partial charge is 0.362 e. The number of aryl methyl sites for hydroxylation is 2. The van der Waals surface area contributed by atoms with Gasteiger partial charge in [-0.1, -0.05) is 24.3 Å². The van der Waals surface area contributed by atoms with Gasteiger partial charge in [0.15, 0.2) is 5.82 Å². The summed E-state index contributed by atoms with van der Waals surface area (Å²) < 4.78 is 0. The number of piperidine rings is 2. The summed E-state index contributed by atoms with van der Waals surface area (Å²) in [7, 11) is 0. The molecule has 5 amide bonds. The van der Waals surface area contributed by atoms with Gasteiger partial charge < -0.3 is 24.9 Å². The van der Waals surface area contributed by atoms with E-state index in [9.17, 15) is 24.4 Å². The van der Waals surface area contributed by atoms with Gasteiger partial charge in [0.2, 0.25) is 11.8 Å². The predicted octanol–water partition coefficient (Wildman–Crippen LogP) is 7.11. The number of hydrogen-bond acceptors (Lipinski definition) is 11. The molecule has 4 saturated heterocycles. The van der Waals surface area contributed by atoms with Crippen LogP contribution in [-0.4, -0.2) is 119 Å². The van der Waals surface area contributed by atoms with Gasteiger partial charge in [-0.2, -0.15) is 10.4 Å². The Morgan fingerprint density at radius 2 is 1.61 bits per heavy atom. The van der Waals surface area contributed by atoms with Crippen LogP contribution in [0.1, 0.15) is 109 Å². The van der Waals surface area contributed by atoms with Crippen LogP contribution >= 0.6 is 0 Å². The van der Waals surface area contributed by atoms with Gasteiger partial charge in [0, 0.05) is 92.9 Å². The van der Waals surface area contributed by atoms with Crippen molar-refractivity contribution in [1.29, 1.82) is 5.26 Å². The van der Waals surface area contributed by atoms with Gasteiger partial charge in [0.05, 0.1) is 24.2 Å². The maximum absolute atomic E-state index is 13.9. The molecule has 1 saturated carbocycles. The molecule has 2 aromatic carbocycles. The van der Waals surface area contributed by atoms with Gasteiger partial charge in [0.1, 0.15) is 5.82 Å². The lowest BCUT2D eigenvalue weighted by Crippen LogP contribution is -2.52. The maximum atomic E-state index is 13.9. The molecule has 0 radical (unpaired) electrons. The fraction of sp³-hybridized carbons (Fsp3) is 0.538. The molecule has 67 heavy (non-hydrogen) atoms. The number of carbonyl (C=O) groups excluding carboxylic acids is 4. The van der Waals surface area contributed by atoms with E-state index >= 15 is 0 Å². The summed E-state index contributed by atoms with van der Waals surface area (Å²) in [6, 6.07) is 15.5. The third-order valence-corrected chi connectivity index (χ3v) is 15.9. The second kappa shape index (κ2) is 19.6. The second-order valence-corrected chi connectivity index (χ2v) is 19.9. The number of carbonyl (C=O) groups is 4. The van der Waals surface area contributed by atoms with E-state index < -0.39 is 6.03 Å². The molecule has 5 fully saturated rings. The van der Waals surface area contributed by atoms with Crippen molar-refractivity contribution in [3.63, 3.8) is 0 Å². The molecule has 352 valence electrons.